The maximum absolute atomic E-state index is 11.3. The second-order valence-electron chi connectivity index (χ2n) is 4.65. The summed E-state index contributed by atoms with van der Waals surface area (Å²) in [5.74, 6) is 0.672. The minimum absolute atomic E-state index is 0.130. The predicted octanol–water partition coefficient (Wildman–Crippen LogP) is 1.41. The van der Waals surface area contributed by atoms with E-state index in [1.807, 2.05) is 4.90 Å². The van der Waals surface area contributed by atoms with E-state index < -0.39 is 0 Å². The average Bonchev–Trinajstić information content (AvgIpc) is 2.90. The molecule has 1 heterocycles. The van der Waals surface area contributed by atoms with E-state index in [2.05, 4.69) is 15.3 Å². The van der Waals surface area contributed by atoms with Crippen LogP contribution in [0.25, 0.3) is 0 Å². The normalized spacial score (nSPS) is 15.5. The fraction of sp³-hybridized carbons (Fsp3) is 0.583. The van der Waals surface area contributed by atoms with Crippen molar-refractivity contribution in [1.82, 2.24) is 9.97 Å². The van der Waals surface area contributed by atoms with Crippen LogP contribution in [0.15, 0.2) is 6.20 Å². The SMILES string of the molecule is CNc1ncc(Cl)c(N(CC(N)=O)C2CCCC2)n1. The topological polar surface area (TPSA) is 84.1 Å². The first-order valence-corrected chi connectivity index (χ1v) is 6.75. The van der Waals surface area contributed by atoms with Gasteiger partial charge in [0.2, 0.25) is 11.9 Å². The Labute approximate surface area is 117 Å². The molecular formula is C12H18ClN5O. The Bertz CT molecular complexity index is 461. The summed E-state index contributed by atoms with van der Waals surface area (Å²) in [5.41, 5.74) is 5.34. The van der Waals surface area contributed by atoms with E-state index >= 15 is 0 Å². The molecule has 104 valence electrons. The summed E-state index contributed by atoms with van der Waals surface area (Å²) in [7, 11) is 1.74. The van der Waals surface area contributed by atoms with Gasteiger partial charge < -0.3 is 16.0 Å². The first kappa shape index (κ1) is 13.9. The van der Waals surface area contributed by atoms with Crippen LogP contribution in [0, 0.1) is 0 Å². The zero-order chi connectivity index (χ0) is 13.8. The van der Waals surface area contributed by atoms with Gasteiger partial charge >= 0.3 is 0 Å². The molecule has 0 saturated heterocycles. The summed E-state index contributed by atoms with van der Waals surface area (Å²) >= 11 is 6.16. The number of nitrogens with one attached hydrogen (secondary N) is 1. The van der Waals surface area contributed by atoms with Crippen LogP contribution >= 0.6 is 11.6 Å². The van der Waals surface area contributed by atoms with Crippen molar-refractivity contribution in [2.24, 2.45) is 5.73 Å². The van der Waals surface area contributed by atoms with Crippen molar-refractivity contribution in [2.45, 2.75) is 31.7 Å². The Morgan fingerprint density at radius 3 is 2.84 bits per heavy atom. The van der Waals surface area contributed by atoms with E-state index in [0.29, 0.717) is 16.8 Å². The van der Waals surface area contributed by atoms with Crippen LogP contribution in [-0.4, -0.2) is 35.5 Å². The minimum atomic E-state index is -0.382. The lowest BCUT2D eigenvalue weighted by Crippen LogP contribution is -2.41. The molecule has 6 nitrogen and oxygen atoms in total. The summed E-state index contributed by atoms with van der Waals surface area (Å²) in [6.07, 6.45) is 5.91. The summed E-state index contributed by atoms with van der Waals surface area (Å²) in [6.45, 7) is 0.130. The summed E-state index contributed by atoms with van der Waals surface area (Å²) in [5, 5.41) is 3.31. The van der Waals surface area contributed by atoms with Gasteiger partial charge in [0.05, 0.1) is 12.7 Å². The molecule has 7 heteroatoms. The molecule has 0 radical (unpaired) electrons. The van der Waals surface area contributed by atoms with Crippen molar-refractivity contribution in [3.63, 3.8) is 0 Å². The lowest BCUT2D eigenvalue weighted by Gasteiger charge is -2.29. The lowest BCUT2D eigenvalue weighted by molar-refractivity contribution is -0.116. The van der Waals surface area contributed by atoms with Crippen LogP contribution in [0.1, 0.15) is 25.7 Å². The van der Waals surface area contributed by atoms with Gasteiger partial charge in [0, 0.05) is 13.1 Å². The molecule has 0 spiro atoms. The molecule has 1 aliphatic rings. The number of carbonyl (C=O) groups excluding carboxylic acids is 1. The molecule has 1 aromatic rings. The van der Waals surface area contributed by atoms with E-state index in [0.717, 1.165) is 25.7 Å². The molecule has 0 aromatic carbocycles. The maximum atomic E-state index is 11.3. The monoisotopic (exact) mass is 283 g/mol. The van der Waals surface area contributed by atoms with Crippen molar-refractivity contribution in [3.05, 3.63) is 11.2 Å². The number of amides is 1. The highest BCUT2D eigenvalue weighted by molar-refractivity contribution is 6.32. The van der Waals surface area contributed by atoms with Crippen LogP contribution < -0.4 is 16.0 Å². The first-order chi connectivity index (χ1) is 9.11. The van der Waals surface area contributed by atoms with Crippen molar-refractivity contribution in [1.29, 1.82) is 0 Å². The number of primary amides is 1. The number of rotatable bonds is 5. The van der Waals surface area contributed by atoms with Crippen molar-refractivity contribution in [2.75, 3.05) is 23.8 Å². The van der Waals surface area contributed by atoms with Crippen LogP contribution in [0.2, 0.25) is 5.02 Å². The minimum Gasteiger partial charge on any atom is -0.368 e. The van der Waals surface area contributed by atoms with Gasteiger partial charge in [0.1, 0.15) is 5.02 Å². The third-order valence-corrected chi connectivity index (χ3v) is 3.58. The number of halogens is 1. The van der Waals surface area contributed by atoms with Gasteiger partial charge in [0.15, 0.2) is 5.82 Å². The predicted molar refractivity (Wildman–Crippen MR) is 75.4 cm³/mol. The van der Waals surface area contributed by atoms with Crippen LogP contribution in [-0.2, 0) is 4.79 Å². The zero-order valence-electron chi connectivity index (χ0n) is 10.9. The number of nitrogens with zero attached hydrogens (tertiary/aromatic N) is 3. The van der Waals surface area contributed by atoms with Gasteiger partial charge in [-0.2, -0.15) is 4.98 Å². The number of hydrogen-bond donors (Lipinski definition) is 2. The standard InChI is InChI=1S/C12H18ClN5O/c1-15-12-16-6-9(13)11(17-12)18(7-10(14)19)8-4-2-3-5-8/h6,8H,2-5,7H2,1H3,(H2,14,19)(H,15,16,17). The molecule has 0 bridgehead atoms. The summed E-state index contributed by atoms with van der Waals surface area (Å²) in [4.78, 5) is 21.6. The molecule has 2 rings (SSSR count). The molecule has 19 heavy (non-hydrogen) atoms. The summed E-state index contributed by atoms with van der Waals surface area (Å²) in [6, 6.07) is 0.268. The Morgan fingerprint density at radius 2 is 2.26 bits per heavy atom. The number of carbonyl (C=O) groups is 1. The molecule has 1 fully saturated rings. The molecule has 3 N–H and O–H groups in total. The van der Waals surface area contributed by atoms with Gasteiger partial charge in [0.25, 0.3) is 0 Å². The number of anilines is 2. The Hall–Kier alpha value is -1.56. The van der Waals surface area contributed by atoms with E-state index in [1.54, 1.807) is 13.2 Å². The second-order valence-corrected chi connectivity index (χ2v) is 5.05. The van der Waals surface area contributed by atoms with E-state index in [1.165, 1.54) is 0 Å². The molecule has 1 amide bonds. The van der Waals surface area contributed by atoms with Crippen molar-refractivity contribution >= 4 is 29.3 Å². The van der Waals surface area contributed by atoms with Crippen LogP contribution in [0.5, 0.6) is 0 Å². The van der Waals surface area contributed by atoms with Gasteiger partial charge in [-0.05, 0) is 12.8 Å². The maximum Gasteiger partial charge on any atom is 0.237 e. The molecule has 1 aromatic heterocycles. The van der Waals surface area contributed by atoms with Gasteiger partial charge in [-0.25, -0.2) is 4.98 Å². The van der Waals surface area contributed by atoms with Gasteiger partial charge in [-0.3, -0.25) is 4.79 Å². The number of nitrogens with two attached hydrogens (primary N) is 1. The van der Waals surface area contributed by atoms with E-state index in [9.17, 15) is 4.79 Å². The quantitative estimate of drug-likeness (QED) is 0.853. The molecule has 0 unspecified atom stereocenters. The Balaban J connectivity index is 2.33. The fourth-order valence-electron chi connectivity index (χ4n) is 2.44. The highest BCUT2D eigenvalue weighted by atomic mass is 35.5. The van der Waals surface area contributed by atoms with Crippen molar-refractivity contribution < 1.29 is 4.79 Å². The average molecular weight is 284 g/mol. The molecular weight excluding hydrogens is 266 g/mol. The van der Waals surface area contributed by atoms with E-state index in [-0.39, 0.29) is 18.5 Å². The molecule has 0 atom stereocenters. The molecule has 1 aliphatic carbocycles. The Morgan fingerprint density at radius 1 is 1.58 bits per heavy atom. The third kappa shape index (κ3) is 3.26. The summed E-state index contributed by atoms with van der Waals surface area (Å²) < 4.78 is 0. The first-order valence-electron chi connectivity index (χ1n) is 6.37. The molecule has 0 aliphatic heterocycles. The van der Waals surface area contributed by atoms with Gasteiger partial charge in [-0.1, -0.05) is 24.4 Å². The van der Waals surface area contributed by atoms with E-state index in [4.69, 9.17) is 17.3 Å². The molecule has 1 saturated carbocycles. The zero-order valence-corrected chi connectivity index (χ0v) is 11.7. The second kappa shape index (κ2) is 6.06. The van der Waals surface area contributed by atoms with Crippen LogP contribution in [0.4, 0.5) is 11.8 Å². The largest absolute Gasteiger partial charge is 0.368 e. The van der Waals surface area contributed by atoms with Crippen molar-refractivity contribution in [3.8, 4) is 0 Å². The third-order valence-electron chi connectivity index (χ3n) is 3.31. The van der Waals surface area contributed by atoms with Crippen LogP contribution in [0.3, 0.4) is 0 Å². The Kier molecular flexibility index (Phi) is 4.42. The lowest BCUT2D eigenvalue weighted by atomic mass is 10.2. The fourth-order valence-corrected chi connectivity index (χ4v) is 2.64. The highest BCUT2D eigenvalue weighted by Gasteiger charge is 2.27. The number of hydrogen-bond acceptors (Lipinski definition) is 5. The number of aromatic nitrogens is 2. The van der Waals surface area contributed by atoms with Gasteiger partial charge in [-0.15, -0.1) is 0 Å². The highest BCUT2D eigenvalue weighted by Crippen LogP contribution is 2.31. The smallest absolute Gasteiger partial charge is 0.237 e.